The van der Waals surface area contributed by atoms with E-state index < -0.39 is 6.09 Å². The van der Waals surface area contributed by atoms with Crippen LogP contribution >= 0.6 is 11.6 Å². The minimum absolute atomic E-state index is 0.226. The Morgan fingerprint density at radius 3 is 2.44 bits per heavy atom. The van der Waals surface area contributed by atoms with Gasteiger partial charge in [0, 0.05) is 12.1 Å². The van der Waals surface area contributed by atoms with Crippen molar-refractivity contribution in [2.75, 3.05) is 16.3 Å². The molecule has 2 heterocycles. The van der Waals surface area contributed by atoms with Gasteiger partial charge < -0.3 is 14.5 Å². The third kappa shape index (κ3) is 3.52. The van der Waals surface area contributed by atoms with Gasteiger partial charge in [0.1, 0.15) is 17.0 Å². The van der Waals surface area contributed by atoms with E-state index in [4.69, 9.17) is 16.1 Å². The average molecular weight is 454 g/mol. The van der Waals surface area contributed by atoms with Gasteiger partial charge in [-0.25, -0.2) is 4.79 Å². The van der Waals surface area contributed by atoms with Crippen LogP contribution in [-0.4, -0.2) is 34.9 Å². The molecule has 32 heavy (non-hydrogen) atoms. The predicted molar refractivity (Wildman–Crippen MR) is 124 cm³/mol. The fourth-order valence-corrected chi connectivity index (χ4v) is 4.37. The predicted octanol–water partition coefficient (Wildman–Crippen LogP) is 5.84. The third-order valence-corrected chi connectivity index (χ3v) is 6.36. The Bertz CT molecular complexity index is 1220. The molecule has 3 aromatic rings. The number of anilines is 2. The van der Waals surface area contributed by atoms with Crippen LogP contribution < -0.4 is 9.80 Å². The first-order valence-electron chi connectivity index (χ1n) is 10.4. The van der Waals surface area contributed by atoms with Gasteiger partial charge >= 0.3 is 6.09 Å². The van der Waals surface area contributed by atoms with E-state index >= 15 is 0 Å². The molecule has 1 aliphatic heterocycles. The van der Waals surface area contributed by atoms with Crippen molar-refractivity contribution in [2.45, 2.75) is 40.2 Å². The normalized spacial score (nSPS) is 15.6. The first-order valence-corrected chi connectivity index (χ1v) is 10.8. The monoisotopic (exact) mass is 453 g/mol. The number of hydrogen-bond acceptors (Lipinski definition) is 4. The molecule has 1 atom stereocenters. The highest BCUT2D eigenvalue weighted by molar-refractivity contribution is 6.33. The quantitative estimate of drug-likeness (QED) is 0.538. The maximum absolute atomic E-state index is 13.9. The first-order chi connectivity index (χ1) is 15.2. The zero-order valence-electron chi connectivity index (χ0n) is 18.3. The lowest BCUT2D eigenvalue weighted by Gasteiger charge is -2.41. The van der Waals surface area contributed by atoms with Crippen LogP contribution in [0.25, 0.3) is 11.3 Å². The van der Waals surface area contributed by atoms with E-state index in [9.17, 15) is 14.7 Å². The minimum Gasteiger partial charge on any atom is -0.465 e. The number of halogens is 1. The van der Waals surface area contributed by atoms with E-state index in [0.717, 1.165) is 11.1 Å². The molecule has 1 aliphatic rings. The van der Waals surface area contributed by atoms with Crippen molar-refractivity contribution in [1.82, 2.24) is 5.16 Å². The van der Waals surface area contributed by atoms with Crippen LogP contribution in [0, 0.1) is 20.8 Å². The number of nitrogens with zero attached hydrogens (tertiary/aromatic N) is 3. The van der Waals surface area contributed by atoms with Gasteiger partial charge in [0.05, 0.1) is 22.4 Å². The van der Waals surface area contributed by atoms with Crippen LogP contribution in [0.2, 0.25) is 5.02 Å². The summed E-state index contributed by atoms with van der Waals surface area (Å²) in [6.07, 6.45) is -0.478. The van der Waals surface area contributed by atoms with E-state index in [0.29, 0.717) is 45.4 Å². The van der Waals surface area contributed by atoms with Gasteiger partial charge in [-0.2, -0.15) is 0 Å². The third-order valence-electron chi connectivity index (χ3n) is 6.03. The van der Waals surface area contributed by atoms with Crippen LogP contribution in [-0.2, 0) is 0 Å². The number of carbonyl (C=O) groups is 2. The number of carboxylic acid groups (broad SMARTS) is 1. The van der Waals surface area contributed by atoms with Gasteiger partial charge in [0.25, 0.3) is 5.91 Å². The van der Waals surface area contributed by atoms with Crippen molar-refractivity contribution in [3.63, 3.8) is 0 Å². The maximum atomic E-state index is 13.9. The number of aromatic nitrogens is 1. The topological polar surface area (TPSA) is 86.9 Å². The number of benzene rings is 2. The molecule has 0 saturated carbocycles. The van der Waals surface area contributed by atoms with E-state index in [1.807, 2.05) is 39.0 Å². The Hall–Kier alpha value is -3.32. The van der Waals surface area contributed by atoms with Crippen LogP contribution in [0.1, 0.15) is 40.6 Å². The summed E-state index contributed by atoms with van der Waals surface area (Å²) < 4.78 is 5.40. The Kier molecular flexibility index (Phi) is 5.69. The number of fused-ring (bicyclic) bond motifs is 1. The summed E-state index contributed by atoms with van der Waals surface area (Å²) in [5.41, 5.74) is 4.27. The summed E-state index contributed by atoms with van der Waals surface area (Å²) in [6, 6.07) is 10.5. The number of amides is 2. The Balaban J connectivity index is 1.88. The second-order valence-corrected chi connectivity index (χ2v) is 8.41. The smallest absolute Gasteiger partial charge is 0.412 e. The van der Waals surface area contributed by atoms with Gasteiger partial charge in [0.15, 0.2) is 0 Å². The molecule has 4 rings (SSSR count). The molecule has 1 aromatic heterocycles. The van der Waals surface area contributed by atoms with Crippen LogP contribution in [0.5, 0.6) is 0 Å². The van der Waals surface area contributed by atoms with E-state index in [2.05, 4.69) is 5.16 Å². The second-order valence-electron chi connectivity index (χ2n) is 8.00. The SMILES string of the molecule is CCC1CN(C(=O)c2c(-c3ccccc3Cl)noc2C)c2cc(C)c(C)cc2N1C(=O)O. The molecule has 7 nitrogen and oxygen atoms in total. The summed E-state index contributed by atoms with van der Waals surface area (Å²) in [7, 11) is 0. The lowest BCUT2D eigenvalue weighted by atomic mass is 9.98. The van der Waals surface area contributed by atoms with Crippen molar-refractivity contribution in [1.29, 1.82) is 0 Å². The molecule has 8 heteroatoms. The first kappa shape index (κ1) is 21.9. The van der Waals surface area contributed by atoms with Crippen molar-refractivity contribution >= 4 is 35.0 Å². The molecule has 0 fully saturated rings. The highest BCUT2D eigenvalue weighted by Crippen LogP contribution is 2.41. The molecule has 1 N–H and O–H groups in total. The van der Waals surface area contributed by atoms with Gasteiger partial charge in [-0.1, -0.05) is 41.9 Å². The molecule has 0 radical (unpaired) electrons. The standard InChI is InChI=1S/C24H24ClN3O4/c1-5-16-12-27(19-10-13(2)14(3)11-20(19)28(16)24(30)31)23(29)21-15(4)32-26-22(21)17-8-6-7-9-18(17)25/h6-11,16H,5,12H2,1-4H3,(H,30,31). The lowest BCUT2D eigenvalue weighted by Crippen LogP contribution is -2.52. The van der Waals surface area contributed by atoms with Crippen LogP contribution in [0.4, 0.5) is 16.2 Å². The molecular formula is C24H24ClN3O4. The molecule has 0 aliphatic carbocycles. The number of hydrogen-bond donors (Lipinski definition) is 1. The van der Waals surface area contributed by atoms with E-state index in [1.165, 1.54) is 4.90 Å². The number of carbonyl (C=O) groups excluding carboxylic acids is 1. The van der Waals surface area contributed by atoms with E-state index in [1.54, 1.807) is 30.0 Å². The Labute approximate surface area is 191 Å². The van der Waals surface area contributed by atoms with Crippen LogP contribution in [0.15, 0.2) is 40.9 Å². The van der Waals surface area contributed by atoms with Crippen molar-refractivity contribution in [3.05, 3.63) is 63.9 Å². The maximum Gasteiger partial charge on any atom is 0.412 e. The minimum atomic E-state index is -1.04. The molecular weight excluding hydrogens is 430 g/mol. The van der Waals surface area contributed by atoms with E-state index in [-0.39, 0.29) is 18.5 Å². The highest BCUT2D eigenvalue weighted by atomic mass is 35.5. The number of rotatable bonds is 3. The van der Waals surface area contributed by atoms with Crippen molar-refractivity contribution < 1.29 is 19.2 Å². The highest BCUT2D eigenvalue weighted by Gasteiger charge is 2.39. The van der Waals surface area contributed by atoms with Gasteiger partial charge in [-0.15, -0.1) is 0 Å². The summed E-state index contributed by atoms with van der Waals surface area (Å²) in [6.45, 7) is 7.69. The lowest BCUT2D eigenvalue weighted by molar-refractivity contribution is 0.0981. The largest absolute Gasteiger partial charge is 0.465 e. The zero-order valence-corrected chi connectivity index (χ0v) is 19.1. The molecule has 1 unspecified atom stereocenters. The fraction of sp³-hybridized carbons (Fsp3) is 0.292. The number of aryl methyl sites for hydroxylation is 3. The molecule has 0 bridgehead atoms. The van der Waals surface area contributed by atoms with Gasteiger partial charge in [0.2, 0.25) is 0 Å². The molecule has 166 valence electrons. The Morgan fingerprint density at radius 2 is 1.81 bits per heavy atom. The van der Waals surface area contributed by atoms with Gasteiger partial charge in [-0.05, 0) is 56.5 Å². The summed E-state index contributed by atoms with van der Waals surface area (Å²) in [5.74, 6) is 0.0793. The molecule has 0 spiro atoms. The zero-order chi connectivity index (χ0) is 23.2. The van der Waals surface area contributed by atoms with Crippen molar-refractivity contribution in [3.8, 4) is 11.3 Å². The molecule has 2 amide bonds. The van der Waals surface area contributed by atoms with Gasteiger partial charge in [-0.3, -0.25) is 9.69 Å². The summed E-state index contributed by atoms with van der Waals surface area (Å²) in [5, 5.41) is 14.5. The fourth-order valence-electron chi connectivity index (χ4n) is 4.14. The summed E-state index contributed by atoms with van der Waals surface area (Å²) >= 11 is 6.37. The summed E-state index contributed by atoms with van der Waals surface area (Å²) in [4.78, 5) is 29.0. The van der Waals surface area contributed by atoms with Crippen LogP contribution in [0.3, 0.4) is 0 Å². The Morgan fingerprint density at radius 1 is 1.16 bits per heavy atom. The molecule has 2 aromatic carbocycles. The molecule has 0 saturated heterocycles. The van der Waals surface area contributed by atoms with Crippen molar-refractivity contribution in [2.24, 2.45) is 0 Å². The average Bonchev–Trinajstić information content (AvgIpc) is 3.14. The second kappa shape index (κ2) is 8.31.